The molecule has 7 nitrogen and oxygen atoms in total. The van der Waals surface area contributed by atoms with Gasteiger partial charge in [-0.1, -0.05) is 0 Å². The lowest BCUT2D eigenvalue weighted by Crippen LogP contribution is -2.40. The Morgan fingerprint density at radius 3 is 2.55 bits per heavy atom. The van der Waals surface area contributed by atoms with Crippen molar-refractivity contribution in [1.29, 1.82) is 0 Å². The molecule has 1 aliphatic rings. The standard InChI is InChI=1S/C11H12BrN3O4S/c1-15-10(16)5-8(11(15)17)14-20(18,19)9-3-2-6(13)4-7(9)12/h2-4,8,14H,5,13H2,1H3. The summed E-state index contributed by atoms with van der Waals surface area (Å²) >= 11 is 3.11. The summed E-state index contributed by atoms with van der Waals surface area (Å²) in [5.41, 5.74) is 5.95. The number of benzene rings is 1. The molecule has 3 N–H and O–H groups in total. The van der Waals surface area contributed by atoms with Gasteiger partial charge in [0.1, 0.15) is 6.04 Å². The van der Waals surface area contributed by atoms with Crippen LogP contribution in [0.3, 0.4) is 0 Å². The Hall–Kier alpha value is -1.45. The Kier molecular flexibility index (Phi) is 3.85. The number of halogens is 1. The molecule has 1 unspecified atom stereocenters. The highest BCUT2D eigenvalue weighted by Gasteiger charge is 2.39. The second-order valence-corrected chi connectivity index (χ2v) is 6.90. The maximum absolute atomic E-state index is 12.2. The minimum atomic E-state index is -3.92. The third kappa shape index (κ3) is 2.69. The van der Waals surface area contributed by atoms with Crippen molar-refractivity contribution in [2.75, 3.05) is 12.8 Å². The van der Waals surface area contributed by atoms with Crippen molar-refractivity contribution in [1.82, 2.24) is 9.62 Å². The number of carbonyl (C=O) groups is 2. The number of nitrogens with one attached hydrogen (secondary N) is 1. The molecule has 0 spiro atoms. The van der Waals surface area contributed by atoms with Crippen LogP contribution >= 0.6 is 15.9 Å². The van der Waals surface area contributed by atoms with E-state index in [1.54, 1.807) is 0 Å². The summed E-state index contributed by atoms with van der Waals surface area (Å²) in [6, 6.07) is 3.14. The number of imide groups is 1. The molecule has 1 atom stereocenters. The zero-order valence-corrected chi connectivity index (χ0v) is 12.9. The molecule has 1 saturated heterocycles. The van der Waals surface area contributed by atoms with Gasteiger partial charge in [-0.3, -0.25) is 14.5 Å². The SMILES string of the molecule is CN1C(=O)CC(NS(=O)(=O)c2ccc(N)cc2Br)C1=O. The van der Waals surface area contributed by atoms with E-state index >= 15 is 0 Å². The van der Waals surface area contributed by atoms with Crippen LogP contribution in [0.5, 0.6) is 0 Å². The van der Waals surface area contributed by atoms with Crippen molar-refractivity contribution in [3.8, 4) is 0 Å². The van der Waals surface area contributed by atoms with E-state index in [-0.39, 0.29) is 15.8 Å². The van der Waals surface area contributed by atoms with Crippen molar-refractivity contribution in [2.24, 2.45) is 0 Å². The van der Waals surface area contributed by atoms with Gasteiger partial charge in [-0.25, -0.2) is 8.42 Å². The number of likely N-dealkylation sites (N-methyl/N-ethyl adjacent to an activating group) is 1. The van der Waals surface area contributed by atoms with E-state index < -0.39 is 27.9 Å². The molecule has 108 valence electrons. The van der Waals surface area contributed by atoms with Crippen molar-refractivity contribution in [3.63, 3.8) is 0 Å². The van der Waals surface area contributed by atoms with Crippen LogP contribution < -0.4 is 10.5 Å². The fourth-order valence-corrected chi connectivity index (χ4v) is 4.12. The van der Waals surface area contributed by atoms with Crippen molar-refractivity contribution >= 4 is 43.5 Å². The molecule has 1 fully saturated rings. The molecule has 0 bridgehead atoms. The number of sulfonamides is 1. The van der Waals surface area contributed by atoms with Crippen LogP contribution in [0.4, 0.5) is 5.69 Å². The fourth-order valence-electron chi connectivity index (χ4n) is 1.83. The summed E-state index contributed by atoms with van der Waals surface area (Å²) in [6.07, 6.45) is -0.179. The molecule has 1 aliphatic heterocycles. The smallest absolute Gasteiger partial charge is 0.247 e. The zero-order valence-electron chi connectivity index (χ0n) is 10.5. The highest BCUT2D eigenvalue weighted by molar-refractivity contribution is 9.10. The van der Waals surface area contributed by atoms with Gasteiger partial charge in [0.15, 0.2) is 0 Å². The van der Waals surface area contributed by atoms with Gasteiger partial charge in [-0.05, 0) is 34.1 Å². The Bertz CT molecular complexity index is 689. The largest absolute Gasteiger partial charge is 0.399 e. The minimum Gasteiger partial charge on any atom is -0.399 e. The molecular weight excluding hydrogens is 350 g/mol. The number of nitrogens with zero attached hydrogens (tertiary/aromatic N) is 1. The first-order valence-electron chi connectivity index (χ1n) is 5.60. The second kappa shape index (κ2) is 5.15. The molecule has 1 aromatic carbocycles. The lowest BCUT2D eigenvalue weighted by molar-refractivity contribution is -0.137. The van der Waals surface area contributed by atoms with Crippen molar-refractivity contribution in [2.45, 2.75) is 17.4 Å². The number of nitrogen functional groups attached to an aromatic ring is 1. The van der Waals surface area contributed by atoms with Crippen LogP contribution in [-0.2, 0) is 19.6 Å². The number of hydrogen-bond acceptors (Lipinski definition) is 5. The average molecular weight is 362 g/mol. The van der Waals surface area contributed by atoms with Gasteiger partial charge in [-0.15, -0.1) is 0 Å². The number of rotatable bonds is 3. The monoisotopic (exact) mass is 361 g/mol. The van der Waals surface area contributed by atoms with E-state index in [4.69, 9.17) is 5.73 Å². The van der Waals surface area contributed by atoms with E-state index in [9.17, 15) is 18.0 Å². The van der Waals surface area contributed by atoms with Crippen molar-refractivity contribution in [3.05, 3.63) is 22.7 Å². The van der Waals surface area contributed by atoms with Gasteiger partial charge in [0.25, 0.3) is 0 Å². The highest BCUT2D eigenvalue weighted by Crippen LogP contribution is 2.25. The summed E-state index contributed by atoms with van der Waals surface area (Å²) in [6.45, 7) is 0. The van der Waals surface area contributed by atoms with Gasteiger partial charge in [0.05, 0.1) is 11.3 Å². The predicted molar refractivity (Wildman–Crippen MR) is 75.1 cm³/mol. The Labute approximate surface area is 124 Å². The molecule has 20 heavy (non-hydrogen) atoms. The third-order valence-corrected chi connectivity index (χ3v) is 5.37. The average Bonchev–Trinajstić information content (AvgIpc) is 2.56. The number of nitrogens with two attached hydrogens (primary N) is 1. The van der Waals surface area contributed by atoms with E-state index in [0.29, 0.717) is 5.69 Å². The fraction of sp³-hybridized carbons (Fsp3) is 0.273. The van der Waals surface area contributed by atoms with E-state index in [2.05, 4.69) is 20.7 Å². The second-order valence-electron chi connectivity index (χ2n) is 4.36. The Morgan fingerprint density at radius 1 is 1.40 bits per heavy atom. The highest BCUT2D eigenvalue weighted by atomic mass is 79.9. The summed E-state index contributed by atoms with van der Waals surface area (Å²) in [5.74, 6) is -0.982. The topological polar surface area (TPSA) is 110 Å². The molecule has 2 amide bonds. The van der Waals surface area contributed by atoms with Crippen molar-refractivity contribution < 1.29 is 18.0 Å². The molecule has 1 aromatic rings. The molecule has 9 heteroatoms. The number of amides is 2. The van der Waals surface area contributed by atoms with Crippen LogP contribution in [0.25, 0.3) is 0 Å². The zero-order chi connectivity index (χ0) is 15.1. The van der Waals surface area contributed by atoms with Crippen LogP contribution in [-0.4, -0.2) is 38.2 Å². The van der Waals surface area contributed by atoms with Gasteiger partial charge in [0.2, 0.25) is 21.8 Å². The van der Waals surface area contributed by atoms with Gasteiger partial charge >= 0.3 is 0 Å². The summed E-state index contributed by atoms with van der Waals surface area (Å²) < 4.78 is 26.9. The predicted octanol–water partition coefficient (Wildman–Crippen LogP) is 0.0669. The molecule has 0 aromatic heterocycles. The minimum absolute atomic E-state index is 0.0403. The van der Waals surface area contributed by atoms with Crippen LogP contribution in [0.15, 0.2) is 27.6 Å². The van der Waals surface area contributed by atoms with Crippen LogP contribution in [0.2, 0.25) is 0 Å². The van der Waals surface area contributed by atoms with Crippen LogP contribution in [0, 0.1) is 0 Å². The number of likely N-dealkylation sites (tertiary alicyclic amines) is 1. The quantitative estimate of drug-likeness (QED) is 0.584. The molecule has 0 aliphatic carbocycles. The Balaban J connectivity index is 2.28. The Morgan fingerprint density at radius 2 is 2.05 bits per heavy atom. The molecule has 0 saturated carbocycles. The first-order chi connectivity index (χ1) is 9.22. The molecule has 1 heterocycles. The van der Waals surface area contributed by atoms with E-state index in [1.807, 2.05) is 0 Å². The summed E-state index contributed by atoms with van der Waals surface area (Å²) in [7, 11) is -2.61. The van der Waals surface area contributed by atoms with Gasteiger partial charge in [0, 0.05) is 17.2 Å². The third-order valence-electron chi connectivity index (χ3n) is 2.92. The number of anilines is 1. The maximum Gasteiger partial charge on any atom is 0.247 e. The maximum atomic E-state index is 12.2. The molecular formula is C11H12BrN3O4S. The molecule has 2 rings (SSSR count). The first-order valence-corrected chi connectivity index (χ1v) is 7.88. The first kappa shape index (κ1) is 14.9. The normalized spacial score (nSPS) is 19.7. The van der Waals surface area contributed by atoms with E-state index in [1.165, 1.54) is 25.2 Å². The van der Waals surface area contributed by atoms with E-state index in [0.717, 1.165) is 4.90 Å². The number of hydrogen-bond donors (Lipinski definition) is 2. The molecule has 0 radical (unpaired) electrons. The summed E-state index contributed by atoms with van der Waals surface area (Å²) in [4.78, 5) is 24.0. The lowest BCUT2D eigenvalue weighted by Gasteiger charge is -2.13. The van der Waals surface area contributed by atoms with Gasteiger partial charge < -0.3 is 5.73 Å². The summed E-state index contributed by atoms with van der Waals surface area (Å²) in [5, 5.41) is 0. The van der Waals surface area contributed by atoms with Crippen LogP contribution in [0.1, 0.15) is 6.42 Å². The lowest BCUT2D eigenvalue weighted by atomic mass is 10.3. The number of carbonyl (C=O) groups excluding carboxylic acids is 2. The van der Waals surface area contributed by atoms with Gasteiger partial charge in [-0.2, -0.15) is 4.72 Å².